The fourth-order valence-corrected chi connectivity index (χ4v) is 3.71. The molecule has 1 fully saturated rings. The third kappa shape index (κ3) is 3.60. The number of ether oxygens (including phenoxy) is 1. The average molecular weight is 365 g/mol. The van der Waals surface area contributed by atoms with Crippen molar-refractivity contribution < 1.29 is 14.3 Å². The Bertz CT molecular complexity index is 881. The van der Waals surface area contributed by atoms with Crippen LogP contribution in [0.2, 0.25) is 0 Å². The van der Waals surface area contributed by atoms with Crippen LogP contribution in [0.5, 0.6) is 5.75 Å². The minimum Gasteiger partial charge on any atom is -0.492 e. The van der Waals surface area contributed by atoms with Crippen LogP contribution in [0.4, 0.5) is 11.4 Å². The summed E-state index contributed by atoms with van der Waals surface area (Å²) in [6, 6.07) is 13.2. The molecule has 0 spiro atoms. The third-order valence-electron chi connectivity index (χ3n) is 5.03. The molecule has 0 unspecified atom stereocenters. The van der Waals surface area contributed by atoms with Crippen LogP contribution in [0.25, 0.3) is 0 Å². The van der Waals surface area contributed by atoms with Crippen LogP contribution < -0.4 is 20.3 Å². The van der Waals surface area contributed by atoms with E-state index in [1.165, 1.54) is 0 Å². The van der Waals surface area contributed by atoms with Crippen molar-refractivity contribution >= 4 is 23.2 Å². The van der Waals surface area contributed by atoms with Gasteiger partial charge >= 0.3 is 0 Å². The Morgan fingerprint density at radius 3 is 3.04 bits per heavy atom. The normalized spacial score (nSPS) is 17.7. The van der Waals surface area contributed by atoms with Gasteiger partial charge in [-0.25, -0.2) is 0 Å². The second-order valence-electron chi connectivity index (χ2n) is 6.99. The summed E-state index contributed by atoms with van der Waals surface area (Å²) >= 11 is 0. The van der Waals surface area contributed by atoms with Crippen molar-refractivity contribution in [2.45, 2.75) is 25.8 Å². The second kappa shape index (κ2) is 7.31. The lowest BCUT2D eigenvalue weighted by atomic mass is 10.1. The molecule has 2 aromatic carbocycles. The standard InChI is InChI=1S/C21H23N3O3/c1-14-4-2-5-16(12-14)27-11-9-22-20(25)15-7-8-18-17(13-15)23-21(26)19-6-3-10-24(18)19/h2,4-5,7-8,12-13,19H,3,6,9-11H2,1H3,(H,22,25)(H,23,26)/t19-/m0/s1. The molecule has 27 heavy (non-hydrogen) atoms. The van der Waals surface area contributed by atoms with Crippen LogP contribution in [-0.2, 0) is 4.79 Å². The van der Waals surface area contributed by atoms with Gasteiger partial charge in [-0.1, -0.05) is 12.1 Å². The number of anilines is 2. The molecule has 1 saturated heterocycles. The largest absolute Gasteiger partial charge is 0.492 e. The summed E-state index contributed by atoms with van der Waals surface area (Å²) in [4.78, 5) is 26.8. The number of aryl methyl sites for hydroxylation is 1. The maximum Gasteiger partial charge on any atom is 0.251 e. The highest BCUT2D eigenvalue weighted by atomic mass is 16.5. The van der Waals surface area contributed by atoms with E-state index in [4.69, 9.17) is 4.74 Å². The molecular formula is C21H23N3O3. The number of rotatable bonds is 5. The minimum atomic E-state index is -0.177. The van der Waals surface area contributed by atoms with Crippen LogP contribution in [-0.4, -0.2) is 37.6 Å². The van der Waals surface area contributed by atoms with E-state index in [1.807, 2.05) is 43.3 Å². The summed E-state index contributed by atoms with van der Waals surface area (Å²) in [5, 5.41) is 5.79. The first-order chi connectivity index (χ1) is 13.1. The maximum absolute atomic E-state index is 12.4. The molecule has 6 heteroatoms. The maximum atomic E-state index is 12.4. The van der Waals surface area contributed by atoms with Gasteiger partial charge in [0, 0.05) is 12.1 Å². The predicted molar refractivity (Wildman–Crippen MR) is 104 cm³/mol. The van der Waals surface area contributed by atoms with Gasteiger partial charge in [0.05, 0.1) is 17.9 Å². The molecule has 0 saturated carbocycles. The first-order valence-electron chi connectivity index (χ1n) is 9.31. The van der Waals surface area contributed by atoms with Crippen molar-refractivity contribution in [3.8, 4) is 5.75 Å². The quantitative estimate of drug-likeness (QED) is 0.800. The zero-order valence-corrected chi connectivity index (χ0v) is 15.3. The number of nitrogens with zero attached hydrogens (tertiary/aromatic N) is 1. The Hall–Kier alpha value is -3.02. The zero-order valence-electron chi connectivity index (χ0n) is 15.3. The molecule has 2 amide bonds. The monoisotopic (exact) mass is 365 g/mol. The van der Waals surface area contributed by atoms with Crippen LogP contribution in [0, 0.1) is 6.92 Å². The highest BCUT2D eigenvalue weighted by molar-refractivity contribution is 6.06. The van der Waals surface area contributed by atoms with Gasteiger partial charge in [-0.05, 0) is 55.7 Å². The summed E-state index contributed by atoms with van der Waals surface area (Å²) in [6.45, 7) is 3.69. The lowest BCUT2D eigenvalue weighted by Gasteiger charge is -2.33. The summed E-state index contributed by atoms with van der Waals surface area (Å²) < 4.78 is 5.65. The lowest BCUT2D eigenvalue weighted by Crippen LogP contribution is -2.44. The SMILES string of the molecule is Cc1cccc(OCCNC(=O)c2ccc3c(c2)NC(=O)[C@@H]2CCCN32)c1. The van der Waals surface area contributed by atoms with Gasteiger partial charge in [-0.2, -0.15) is 0 Å². The minimum absolute atomic E-state index is 0.0177. The number of hydrogen-bond donors (Lipinski definition) is 2. The molecular weight excluding hydrogens is 342 g/mol. The summed E-state index contributed by atoms with van der Waals surface area (Å²) in [5.74, 6) is 0.633. The molecule has 0 bridgehead atoms. The number of fused-ring (bicyclic) bond motifs is 3. The van der Waals surface area contributed by atoms with E-state index in [0.717, 1.165) is 36.4 Å². The number of carbonyl (C=O) groups excluding carboxylic acids is 2. The van der Waals surface area contributed by atoms with Gasteiger partial charge in [0.25, 0.3) is 5.91 Å². The summed E-state index contributed by atoms with van der Waals surface area (Å²) in [5.41, 5.74) is 3.37. The van der Waals surface area contributed by atoms with Crippen molar-refractivity contribution in [1.29, 1.82) is 0 Å². The van der Waals surface area contributed by atoms with E-state index in [-0.39, 0.29) is 17.9 Å². The van der Waals surface area contributed by atoms with Crippen molar-refractivity contribution in [3.63, 3.8) is 0 Å². The molecule has 2 heterocycles. The molecule has 2 aliphatic rings. The molecule has 4 rings (SSSR count). The second-order valence-corrected chi connectivity index (χ2v) is 6.99. The highest BCUT2D eigenvalue weighted by Crippen LogP contribution is 2.37. The van der Waals surface area contributed by atoms with Crippen molar-refractivity contribution in [2.75, 3.05) is 29.9 Å². The van der Waals surface area contributed by atoms with Gasteiger partial charge in [0.2, 0.25) is 5.91 Å². The Labute approximate surface area is 158 Å². The Balaban J connectivity index is 1.35. The van der Waals surface area contributed by atoms with E-state index in [0.29, 0.717) is 24.4 Å². The van der Waals surface area contributed by atoms with Crippen molar-refractivity contribution in [3.05, 3.63) is 53.6 Å². The molecule has 0 radical (unpaired) electrons. The highest BCUT2D eigenvalue weighted by Gasteiger charge is 2.36. The lowest BCUT2D eigenvalue weighted by molar-refractivity contribution is -0.117. The average Bonchev–Trinajstić information content (AvgIpc) is 3.15. The fourth-order valence-electron chi connectivity index (χ4n) is 3.71. The van der Waals surface area contributed by atoms with Crippen molar-refractivity contribution in [2.24, 2.45) is 0 Å². The van der Waals surface area contributed by atoms with Gasteiger partial charge in [0.15, 0.2) is 0 Å². The molecule has 0 aliphatic carbocycles. The number of amides is 2. The molecule has 2 N–H and O–H groups in total. The topological polar surface area (TPSA) is 70.7 Å². The van der Waals surface area contributed by atoms with E-state index in [2.05, 4.69) is 15.5 Å². The number of nitrogens with one attached hydrogen (secondary N) is 2. The van der Waals surface area contributed by atoms with Crippen molar-refractivity contribution in [1.82, 2.24) is 5.32 Å². The van der Waals surface area contributed by atoms with Gasteiger partial charge in [0.1, 0.15) is 18.4 Å². The fraction of sp³-hybridized carbons (Fsp3) is 0.333. The third-order valence-corrected chi connectivity index (χ3v) is 5.03. The van der Waals surface area contributed by atoms with E-state index in [1.54, 1.807) is 6.07 Å². The molecule has 1 atom stereocenters. The Morgan fingerprint density at radius 1 is 1.30 bits per heavy atom. The van der Waals surface area contributed by atoms with Gasteiger partial charge < -0.3 is 20.3 Å². The predicted octanol–water partition coefficient (Wildman–Crippen LogP) is 2.72. The van der Waals surface area contributed by atoms with Crippen LogP contribution in [0.15, 0.2) is 42.5 Å². The number of carbonyl (C=O) groups is 2. The molecule has 140 valence electrons. The summed E-state index contributed by atoms with van der Waals surface area (Å²) in [6.07, 6.45) is 1.90. The molecule has 2 aliphatic heterocycles. The number of hydrogen-bond acceptors (Lipinski definition) is 4. The number of benzene rings is 2. The van der Waals surface area contributed by atoms with Gasteiger partial charge in [-0.15, -0.1) is 0 Å². The van der Waals surface area contributed by atoms with E-state index < -0.39 is 0 Å². The van der Waals surface area contributed by atoms with Crippen LogP contribution in [0.3, 0.4) is 0 Å². The first-order valence-corrected chi connectivity index (χ1v) is 9.31. The Morgan fingerprint density at radius 2 is 2.19 bits per heavy atom. The van der Waals surface area contributed by atoms with E-state index >= 15 is 0 Å². The smallest absolute Gasteiger partial charge is 0.251 e. The molecule has 2 aromatic rings. The Kier molecular flexibility index (Phi) is 4.71. The summed E-state index contributed by atoms with van der Waals surface area (Å²) in [7, 11) is 0. The van der Waals surface area contributed by atoms with Crippen LogP contribution in [0.1, 0.15) is 28.8 Å². The van der Waals surface area contributed by atoms with Crippen LogP contribution >= 0.6 is 0 Å². The zero-order chi connectivity index (χ0) is 18.8. The molecule has 6 nitrogen and oxygen atoms in total. The van der Waals surface area contributed by atoms with E-state index in [9.17, 15) is 9.59 Å². The first kappa shape index (κ1) is 17.4. The van der Waals surface area contributed by atoms with Gasteiger partial charge in [-0.3, -0.25) is 9.59 Å². The molecule has 0 aromatic heterocycles.